The summed E-state index contributed by atoms with van der Waals surface area (Å²) in [5, 5.41) is 7.62. The van der Waals surface area contributed by atoms with Crippen molar-refractivity contribution in [2.24, 2.45) is 0 Å². The Labute approximate surface area is 140 Å². The van der Waals surface area contributed by atoms with Crippen LogP contribution in [0.15, 0.2) is 29.0 Å². The van der Waals surface area contributed by atoms with Crippen molar-refractivity contribution in [2.75, 3.05) is 5.32 Å². The first-order chi connectivity index (χ1) is 10.8. The first-order valence-electron chi connectivity index (χ1n) is 7.22. The van der Waals surface area contributed by atoms with Gasteiger partial charge in [-0.3, -0.25) is 10.1 Å². The van der Waals surface area contributed by atoms with Gasteiger partial charge >= 0.3 is 0 Å². The quantitative estimate of drug-likeness (QED) is 0.720. The zero-order chi connectivity index (χ0) is 14.9. The van der Waals surface area contributed by atoms with Crippen LogP contribution in [-0.2, 0) is 12.8 Å². The number of rotatable bonds is 3. The molecule has 3 aromatic rings. The molecule has 1 N–H and O–H groups in total. The third kappa shape index (κ3) is 2.74. The Balaban J connectivity index is 1.51. The number of nitrogens with zero attached hydrogens (tertiary/aromatic N) is 1. The largest absolute Gasteiger partial charge is 0.297 e. The standard InChI is InChI=1S/C16H14N2OS3/c19-15(14-8-10-4-1-2-5-12(10)22-14)18-16-17-11(9-21-16)13-6-3-7-20-13/h3,6-9H,1-2,4-5H2,(H,17,18,19). The van der Waals surface area contributed by atoms with E-state index in [1.54, 1.807) is 22.7 Å². The molecule has 1 aliphatic rings. The van der Waals surface area contributed by atoms with Crippen LogP contribution in [0.25, 0.3) is 10.6 Å². The topological polar surface area (TPSA) is 42.0 Å². The van der Waals surface area contributed by atoms with Crippen LogP contribution in [0.4, 0.5) is 5.13 Å². The minimum atomic E-state index is -0.0357. The summed E-state index contributed by atoms with van der Waals surface area (Å²) in [6.07, 6.45) is 4.71. The molecule has 112 valence electrons. The number of anilines is 1. The zero-order valence-electron chi connectivity index (χ0n) is 11.8. The van der Waals surface area contributed by atoms with E-state index in [1.165, 1.54) is 34.6 Å². The molecule has 6 heteroatoms. The van der Waals surface area contributed by atoms with Crippen LogP contribution in [0.1, 0.15) is 33.0 Å². The monoisotopic (exact) mass is 346 g/mol. The number of fused-ring (bicyclic) bond motifs is 1. The molecular formula is C16H14N2OS3. The number of hydrogen-bond acceptors (Lipinski definition) is 5. The van der Waals surface area contributed by atoms with E-state index in [1.807, 2.05) is 22.9 Å². The highest BCUT2D eigenvalue weighted by Gasteiger charge is 2.18. The van der Waals surface area contributed by atoms with Gasteiger partial charge in [0.25, 0.3) is 5.91 Å². The van der Waals surface area contributed by atoms with Crippen LogP contribution in [0.2, 0.25) is 0 Å². The normalized spacial score (nSPS) is 13.8. The smallest absolute Gasteiger partial charge is 0.267 e. The Hall–Kier alpha value is -1.50. The lowest BCUT2D eigenvalue weighted by atomic mass is 9.99. The minimum Gasteiger partial charge on any atom is -0.297 e. The fourth-order valence-corrected chi connectivity index (χ4v) is 5.25. The molecule has 0 fully saturated rings. The molecule has 0 spiro atoms. The van der Waals surface area contributed by atoms with Gasteiger partial charge in [-0.2, -0.15) is 0 Å². The zero-order valence-corrected chi connectivity index (χ0v) is 14.2. The Morgan fingerprint density at radius 1 is 1.23 bits per heavy atom. The maximum atomic E-state index is 12.4. The lowest BCUT2D eigenvalue weighted by Gasteiger charge is -2.08. The number of thiazole rings is 1. The van der Waals surface area contributed by atoms with Gasteiger partial charge in [-0.1, -0.05) is 6.07 Å². The lowest BCUT2D eigenvalue weighted by Crippen LogP contribution is -2.09. The highest BCUT2D eigenvalue weighted by Crippen LogP contribution is 2.31. The van der Waals surface area contributed by atoms with Crippen LogP contribution in [0.3, 0.4) is 0 Å². The number of hydrogen-bond donors (Lipinski definition) is 1. The number of amides is 1. The SMILES string of the molecule is O=C(Nc1nc(-c2cccs2)cs1)c1cc2c(s1)CCCC2. The second-order valence-electron chi connectivity index (χ2n) is 5.24. The van der Waals surface area contributed by atoms with Crippen LogP contribution in [0.5, 0.6) is 0 Å². The molecule has 0 saturated heterocycles. The molecule has 3 aromatic heterocycles. The second-order valence-corrected chi connectivity index (χ2v) is 8.18. The van der Waals surface area contributed by atoms with E-state index < -0.39 is 0 Å². The summed E-state index contributed by atoms with van der Waals surface area (Å²) in [6.45, 7) is 0. The maximum Gasteiger partial charge on any atom is 0.267 e. The van der Waals surface area contributed by atoms with E-state index in [2.05, 4.69) is 16.4 Å². The first-order valence-corrected chi connectivity index (χ1v) is 9.79. The van der Waals surface area contributed by atoms with Crippen LogP contribution < -0.4 is 5.32 Å². The molecule has 0 aliphatic heterocycles. The highest BCUT2D eigenvalue weighted by atomic mass is 32.1. The van der Waals surface area contributed by atoms with Gasteiger partial charge in [-0.05, 0) is 48.8 Å². The van der Waals surface area contributed by atoms with E-state index in [4.69, 9.17) is 0 Å². The molecule has 1 aliphatic carbocycles. The summed E-state index contributed by atoms with van der Waals surface area (Å²) in [6, 6.07) is 6.11. The second kappa shape index (κ2) is 5.95. The maximum absolute atomic E-state index is 12.4. The Bertz CT molecular complexity index is 778. The van der Waals surface area contributed by atoms with E-state index in [0.29, 0.717) is 5.13 Å². The molecule has 0 radical (unpaired) electrons. The minimum absolute atomic E-state index is 0.0357. The van der Waals surface area contributed by atoms with Gasteiger partial charge in [0.15, 0.2) is 5.13 Å². The summed E-state index contributed by atoms with van der Waals surface area (Å²) in [5.41, 5.74) is 2.29. The van der Waals surface area contributed by atoms with Gasteiger partial charge in [-0.25, -0.2) is 4.98 Å². The molecule has 1 amide bonds. The molecule has 0 unspecified atom stereocenters. The molecular weight excluding hydrogens is 332 g/mol. The van der Waals surface area contributed by atoms with Gasteiger partial charge in [0.05, 0.1) is 15.4 Å². The van der Waals surface area contributed by atoms with Gasteiger partial charge in [-0.15, -0.1) is 34.0 Å². The van der Waals surface area contributed by atoms with Crippen molar-refractivity contribution in [1.82, 2.24) is 4.98 Å². The van der Waals surface area contributed by atoms with Crippen LogP contribution >= 0.6 is 34.0 Å². The molecule has 3 heterocycles. The third-order valence-corrected chi connectivity index (χ3v) is 6.60. The molecule has 0 atom stereocenters. The third-order valence-electron chi connectivity index (χ3n) is 3.72. The van der Waals surface area contributed by atoms with Crippen molar-refractivity contribution in [3.8, 4) is 10.6 Å². The number of aryl methyl sites for hydroxylation is 2. The lowest BCUT2D eigenvalue weighted by molar-refractivity contribution is 0.103. The summed E-state index contributed by atoms with van der Waals surface area (Å²) >= 11 is 4.76. The molecule has 0 aromatic carbocycles. The summed E-state index contributed by atoms with van der Waals surface area (Å²) in [5.74, 6) is -0.0357. The number of aromatic nitrogens is 1. The molecule has 4 rings (SSSR count). The summed E-state index contributed by atoms with van der Waals surface area (Å²) in [4.78, 5) is 20.2. The van der Waals surface area contributed by atoms with Gasteiger partial charge < -0.3 is 0 Å². The van der Waals surface area contributed by atoms with Crippen molar-refractivity contribution in [1.29, 1.82) is 0 Å². The van der Waals surface area contributed by atoms with Crippen molar-refractivity contribution in [3.05, 3.63) is 44.3 Å². The predicted molar refractivity (Wildman–Crippen MR) is 94.3 cm³/mol. The number of carbonyl (C=O) groups excluding carboxylic acids is 1. The number of thiophene rings is 2. The Kier molecular flexibility index (Phi) is 3.82. The van der Waals surface area contributed by atoms with Gasteiger partial charge in [0, 0.05) is 10.3 Å². The fourth-order valence-electron chi connectivity index (χ4n) is 2.63. The molecule has 3 nitrogen and oxygen atoms in total. The first kappa shape index (κ1) is 14.1. The fraction of sp³-hybridized carbons (Fsp3) is 0.250. The number of carbonyl (C=O) groups is 1. The average Bonchev–Trinajstić information content (AvgIpc) is 3.26. The average molecular weight is 347 g/mol. The van der Waals surface area contributed by atoms with E-state index in [9.17, 15) is 4.79 Å². The summed E-state index contributed by atoms with van der Waals surface area (Å²) in [7, 11) is 0. The van der Waals surface area contributed by atoms with Crippen LogP contribution in [0, 0.1) is 0 Å². The Morgan fingerprint density at radius 2 is 2.14 bits per heavy atom. The van der Waals surface area contributed by atoms with Crippen molar-refractivity contribution >= 4 is 45.0 Å². The highest BCUT2D eigenvalue weighted by molar-refractivity contribution is 7.16. The molecule has 0 bridgehead atoms. The molecule has 0 saturated carbocycles. The molecule has 22 heavy (non-hydrogen) atoms. The van der Waals surface area contributed by atoms with Crippen molar-refractivity contribution < 1.29 is 4.79 Å². The van der Waals surface area contributed by atoms with Crippen LogP contribution in [-0.4, -0.2) is 10.9 Å². The van der Waals surface area contributed by atoms with Gasteiger partial charge in [0.2, 0.25) is 0 Å². The van der Waals surface area contributed by atoms with E-state index >= 15 is 0 Å². The van der Waals surface area contributed by atoms with Gasteiger partial charge in [0.1, 0.15) is 0 Å². The van der Waals surface area contributed by atoms with E-state index in [0.717, 1.165) is 28.3 Å². The summed E-state index contributed by atoms with van der Waals surface area (Å²) < 4.78 is 0. The van der Waals surface area contributed by atoms with E-state index in [-0.39, 0.29) is 5.91 Å². The number of nitrogens with one attached hydrogen (secondary N) is 1. The predicted octanol–water partition coefficient (Wildman–Crippen LogP) is 5.06. The van der Waals surface area contributed by atoms with Crippen molar-refractivity contribution in [3.63, 3.8) is 0 Å². The Morgan fingerprint density at radius 3 is 2.95 bits per heavy atom. The van der Waals surface area contributed by atoms with Crippen molar-refractivity contribution in [2.45, 2.75) is 25.7 Å².